The van der Waals surface area contributed by atoms with Gasteiger partial charge in [0.2, 0.25) is 11.8 Å². The lowest BCUT2D eigenvalue weighted by Crippen LogP contribution is -2.47. The molecule has 2 aliphatic rings. The van der Waals surface area contributed by atoms with E-state index in [0.29, 0.717) is 13.0 Å². The molecule has 2 aliphatic heterocycles. The van der Waals surface area contributed by atoms with E-state index in [1.54, 1.807) is 12.0 Å². The maximum Gasteiger partial charge on any atom is 0.245 e. The molecular formula is C24H28N2O4. The number of nitrogens with zero attached hydrogens (tertiary/aromatic N) is 2. The Bertz CT molecular complexity index is 880. The number of ether oxygens (including phenoxy) is 2. The van der Waals surface area contributed by atoms with Crippen LogP contribution in [-0.4, -0.2) is 60.5 Å². The summed E-state index contributed by atoms with van der Waals surface area (Å²) in [5.74, 6) is 1.47. The van der Waals surface area contributed by atoms with Crippen LogP contribution in [0.1, 0.15) is 24.8 Å². The highest BCUT2D eigenvalue weighted by Gasteiger charge is 2.42. The molecule has 0 spiro atoms. The molecule has 0 unspecified atom stereocenters. The molecular weight excluding hydrogens is 380 g/mol. The third-order valence-corrected chi connectivity index (χ3v) is 5.82. The Morgan fingerprint density at radius 1 is 1.00 bits per heavy atom. The van der Waals surface area contributed by atoms with Crippen LogP contribution in [0.2, 0.25) is 0 Å². The van der Waals surface area contributed by atoms with E-state index in [0.717, 1.165) is 43.0 Å². The van der Waals surface area contributed by atoms with Crippen molar-refractivity contribution in [3.8, 4) is 11.5 Å². The molecule has 158 valence electrons. The summed E-state index contributed by atoms with van der Waals surface area (Å²) in [6, 6.07) is 16.6. The number of likely N-dealkylation sites (tertiary alicyclic amines) is 2. The van der Waals surface area contributed by atoms with Crippen molar-refractivity contribution in [1.29, 1.82) is 0 Å². The standard InChI is InChI=1S/C24H28N2O4/c1-29-20-11-7-8-18(14-20)15-23(27)26-17-21(30-19-9-3-2-4-10-19)16-22(26)24(28)25-12-5-6-13-25/h2-4,7-11,14,21-22H,5-6,12-13,15-17H2,1H3/t21-,22-/m0/s1. The molecule has 0 bridgehead atoms. The van der Waals surface area contributed by atoms with Gasteiger partial charge in [0.1, 0.15) is 23.6 Å². The second kappa shape index (κ2) is 9.20. The van der Waals surface area contributed by atoms with Crippen molar-refractivity contribution in [2.24, 2.45) is 0 Å². The van der Waals surface area contributed by atoms with Crippen LogP contribution in [0.4, 0.5) is 0 Å². The predicted octanol–water partition coefficient (Wildman–Crippen LogP) is 2.91. The summed E-state index contributed by atoms with van der Waals surface area (Å²) in [4.78, 5) is 30.0. The average molecular weight is 408 g/mol. The summed E-state index contributed by atoms with van der Waals surface area (Å²) in [7, 11) is 1.61. The van der Waals surface area contributed by atoms with Crippen LogP contribution in [-0.2, 0) is 16.0 Å². The van der Waals surface area contributed by atoms with Crippen molar-refractivity contribution in [3.05, 3.63) is 60.2 Å². The maximum atomic E-state index is 13.2. The fourth-order valence-corrected chi connectivity index (χ4v) is 4.29. The third-order valence-electron chi connectivity index (χ3n) is 5.82. The Morgan fingerprint density at radius 3 is 2.47 bits per heavy atom. The molecule has 2 fully saturated rings. The summed E-state index contributed by atoms with van der Waals surface area (Å²) in [6.45, 7) is 1.97. The zero-order valence-corrected chi connectivity index (χ0v) is 17.3. The van der Waals surface area contributed by atoms with Crippen molar-refractivity contribution in [3.63, 3.8) is 0 Å². The van der Waals surface area contributed by atoms with E-state index in [9.17, 15) is 9.59 Å². The number of amides is 2. The summed E-state index contributed by atoms with van der Waals surface area (Å²) < 4.78 is 11.4. The van der Waals surface area contributed by atoms with Gasteiger partial charge in [0.15, 0.2) is 0 Å². The molecule has 2 amide bonds. The minimum absolute atomic E-state index is 0.0469. The molecule has 4 rings (SSSR count). The van der Waals surface area contributed by atoms with Crippen molar-refractivity contribution >= 4 is 11.8 Å². The Hall–Kier alpha value is -3.02. The highest BCUT2D eigenvalue weighted by Crippen LogP contribution is 2.27. The van der Waals surface area contributed by atoms with Gasteiger partial charge >= 0.3 is 0 Å². The van der Waals surface area contributed by atoms with Crippen LogP contribution in [0.25, 0.3) is 0 Å². The van der Waals surface area contributed by atoms with Crippen LogP contribution in [0, 0.1) is 0 Å². The topological polar surface area (TPSA) is 59.1 Å². The molecule has 6 nitrogen and oxygen atoms in total. The normalized spacial score (nSPS) is 21.0. The maximum absolute atomic E-state index is 13.2. The molecule has 2 atom stereocenters. The number of para-hydroxylation sites is 1. The lowest BCUT2D eigenvalue weighted by Gasteiger charge is -2.27. The average Bonchev–Trinajstić information content (AvgIpc) is 3.44. The van der Waals surface area contributed by atoms with Gasteiger partial charge in [-0.1, -0.05) is 30.3 Å². The SMILES string of the molecule is COc1cccc(CC(=O)N2C[C@@H](Oc3ccccc3)C[C@H]2C(=O)N2CCCC2)c1. The van der Waals surface area contributed by atoms with Gasteiger partial charge in [0.25, 0.3) is 0 Å². The summed E-state index contributed by atoms with van der Waals surface area (Å²) in [6.07, 6.45) is 2.62. The lowest BCUT2D eigenvalue weighted by atomic mass is 10.1. The van der Waals surface area contributed by atoms with E-state index in [2.05, 4.69) is 0 Å². The number of benzene rings is 2. The number of hydrogen-bond donors (Lipinski definition) is 0. The zero-order valence-electron chi connectivity index (χ0n) is 17.3. The Balaban J connectivity index is 1.50. The van der Waals surface area contributed by atoms with Gasteiger partial charge in [-0.3, -0.25) is 9.59 Å². The molecule has 0 saturated carbocycles. The second-order valence-corrected chi connectivity index (χ2v) is 7.91. The zero-order chi connectivity index (χ0) is 20.9. The molecule has 0 radical (unpaired) electrons. The number of rotatable bonds is 6. The number of carbonyl (C=O) groups is 2. The first-order valence-electron chi connectivity index (χ1n) is 10.6. The molecule has 6 heteroatoms. The largest absolute Gasteiger partial charge is 0.497 e. The molecule has 0 aliphatic carbocycles. The molecule has 2 heterocycles. The van der Waals surface area contributed by atoms with Gasteiger partial charge < -0.3 is 19.3 Å². The van der Waals surface area contributed by atoms with Crippen LogP contribution < -0.4 is 9.47 Å². The van der Waals surface area contributed by atoms with E-state index in [1.165, 1.54) is 0 Å². The quantitative estimate of drug-likeness (QED) is 0.738. The van der Waals surface area contributed by atoms with Crippen molar-refractivity contribution in [2.75, 3.05) is 26.7 Å². The van der Waals surface area contributed by atoms with E-state index in [1.807, 2.05) is 59.5 Å². The Labute approximate surface area is 177 Å². The smallest absolute Gasteiger partial charge is 0.245 e. The Kier molecular flexibility index (Phi) is 6.21. The molecule has 2 aromatic carbocycles. The van der Waals surface area contributed by atoms with E-state index in [4.69, 9.17) is 9.47 Å². The van der Waals surface area contributed by atoms with E-state index >= 15 is 0 Å². The highest BCUT2D eigenvalue weighted by atomic mass is 16.5. The Morgan fingerprint density at radius 2 is 1.73 bits per heavy atom. The first-order chi connectivity index (χ1) is 14.6. The van der Waals surface area contributed by atoms with Crippen molar-refractivity contribution in [2.45, 2.75) is 37.8 Å². The fourth-order valence-electron chi connectivity index (χ4n) is 4.29. The summed E-state index contributed by atoms with van der Waals surface area (Å²) >= 11 is 0. The van der Waals surface area contributed by atoms with Gasteiger partial charge in [-0.15, -0.1) is 0 Å². The van der Waals surface area contributed by atoms with Crippen LogP contribution in [0.5, 0.6) is 11.5 Å². The van der Waals surface area contributed by atoms with E-state index < -0.39 is 6.04 Å². The third kappa shape index (κ3) is 4.58. The van der Waals surface area contributed by atoms with Crippen LogP contribution in [0.3, 0.4) is 0 Å². The van der Waals surface area contributed by atoms with Crippen molar-refractivity contribution in [1.82, 2.24) is 9.80 Å². The predicted molar refractivity (Wildman–Crippen MR) is 113 cm³/mol. The highest BCUT2D eigenvalue weighted by molar-refractivity contribution is 5.89. The van der Waals surface area contributed by atoms with Crippen molar-refractivity contribution < 1.29 is 19.1 Å². The summed E-state index contributed by atoms with van der Waals surface area (Å²) in [5.41, 5.74) is 0.874. The molecule has 0 N–H and O–H groups in total. The van der Waals surface area contributed by atoms with E-state index in [-0.39, 0.29) is 24.3 Å². The van der Waals surface area contributed by atoms with Gasteiger partial charge in [-0.25, -0.2) is 0 Å². The molecule has 2 saturated heterocycles. The lowest BCUT2D eigenvalue weighted by molar-refractivity contribution is -0.142. The van der Waals surface area contributed by atoms with Crippen LogP contribution in [0.15, 0.2) is 54.6 Å². The van der Waals surface area contributed by atoms with Gasteiger partial charge in [0, 0.05) is 19.5 Å². The van der Waals surface area contributed by atoms with Gasteiger partial charge in [-0.05, 0) is 42.7 Å². The second-order valence-electron chi connectivity index (χ2n) is 7.91. The minimum Gasteiger partial charge on any atom is -0.497 e. The fraction of sp³-hybridized carbons (Fsp3) is 0.417. The van der Waals surface area contributed by atoms with Gasteiger partial charge in [0.05, 0.1) is 20.1 Å². The summed E-state index contributed by atoms with van der Waals surface area (Å²) in [5, 5.41) is 0. The first kappa shape index (κ1) is 20.3. The molecule has 2 aromatic rings. The number of carbonyl (C=O) groups excluding carboxylic acids is 2. The van der Waals surface area contributed by atoms with Gasteiger partial charge in [-0.2, -0.15) is 0 Å². The molecule has 30 heavy (non-hydrogen) atoms. The molecule has 0 aromatic heterocycles. The minimum atomic E-state index is -0.463. The van der Waals surface area contributed by atoms with Crippen LogP contribution >= 0.6 is 0 Å². The number of methoxy groups -OCH3 is 1. The number of hydrogen-bond acceptors (Lipinski definition) is 4. The monoisotopic (exact) mass is 408 g/mol. The first-order valence-corrected chi connectivity index (χ1v) is 10.6.